The lowest BCUT2D eigenvalue weighted by Gasteiger charge is -2.08. The third kappa shape index (κ3) is 15.5. The summed E-state index contributed by atoms with van der Waals surface area (Å²) < 4.78 is 20.5. The highest BCUT2D eigenvalue weighted by Crippen LogP contribution is 2.04. The van der Waals surface area contributed by atoms with E-state index >= 15 is 0 Å². The van der Waals surface area contributed by atoms with Gasteiger partial charge in [-0.05, 0) is 12.3 Å². The fraction of sp³-hybridized carbons (Fsp3) is 0.875. The van der Waals surface area contributed by atoms with Crippen LogP contribution in [0.5, 0.6) is 0 Å². The first kappa shape index (κ1) is 20.3. The third-order valence-electron chi connectivity index (χ3n) is 3.09. The minimum atomic E-state index is 0.558. The molecule has 0 heterocycles. The van der Waals surface area contributed by atoms with Crippen LogP contribution in [0.15, 0.2) is 0 Å². The van der Waals surface area contributed by atoms with Crippen molar-refractivity contribution in [3.8, 4) is 0 Å². The molecule has 0 fully saturated rings. The molecule has 0 aromatic heterocycles. The van der Waals surface area contributed by atoms with E-state index in [1.165, 1.54) is 5.71 Å². The van der Waals surface area contributed by atoms with Crippen LogP contribution in [0.4, 0.5) is 0 Å². The van der Waals surface area contributed by atoms with Crippen molar-refractivity contribution in [2.75, 3.05) is 46.2 Å². The normalized spacial score (nSPS) is 12.0. The summed E-state index contributed by atoms with van der Waals surface area (Å²) in [6.45, 7) is 10.8. The van der Waals surface area contributed by atoms with Gasteiger partial charge in [-0.3, -0.25) is 0 Å². The van der Waals surface area contributed by atoms with E-state index in [1.807, 2.05) is 6.21 Å². The Morgan fingerprint density at radius 1 is 1.05 bits per heavy atom. The van der Waals surface area contributed by atoms with E-state index in [0.717, 1.165) is 25.9 Å². The van der Waals surface area contributed by atoms with Gasteiger partial charge in [0.2, 0.25) is 0 Å². The molecular formula is C16H33N2O3+. The standard InChI is InChI=1S/C16H33N2O3/c1-4-16(3)18-8-5-15(2)6-9-19-11-13-21-14-12-20-10-7-17/h8,15H,4-7,9-14,17H2,1-3H3/q+1. The predicted octanol–water partition coefficient (Wildman–Crippen LogP) is 1.42. The van der Waals surface area contributed by atoms with E-state index in [9.17, 15) is 0 Å². The van der Waals surface area contributed by atoms with E-state index < -0.39 is 0 Å². The lowest BCUT2D eigenvalue weighted by molar-refractivity contribution is 0.0140. The zero-order valence-electron chi connectivity index (χ0n) is 14.0. The molecule has 0 aliphatic carbocycles. The molecule has 0 aromatic rings. The van der Waals surface area contributed by atoms with Gasteiger partial charge in [0, 0.05) is 32.9 Å². The molecule has 0 radical (unpaired) electrons. The topological polar surface area (TPSA) is 67.8 Å². The number of nitrogens with two attached hydrogens (primary N) is 1. The summed E-state index contributed by atoms with van der Waals surface area (Å²) >= 11 is 0. The van der Waals surface area contributed by atoms with Crippen LogP contribution in [-0.2, 0) is 14.2 Å². The lowest BCUT2D eigenvalue weighted by atomic mass is 10.1. The zero-order chi connectivity index (χ0) is 15.8. The molecule has 0 saturated carbocycles. The van der Waals surface area contributed by atoms with Crippen molar-refractivity contribution in [3.05, 3.63) is 0 Å². The number of hydrogen-bond donors (Lipinski definition) is 1. The van der Waals surface area contributed by atoms with E-state index in [2.05, 4.69) is 25.4 Å². The Morgan fingerprint density at radius 2 is 1.62 bits per heavy atom. The van der Waals surface area contributed by atoms with Crippen molar-refractivity contribution in [1.82, 2.24) is 4.67 Å². The highest BCUT2D eigenvalue weighted by molar-refractivity contribution is 5.83. The minimum absolute atomic E-state index is 0.558. The first-order chi connectivity index (χ1) is 10.2. The Morgan fingerprint density at radius 3 is 2.19 bits per heavy atom. The summed E-state index contributed by atoms with van der Waals surface area (Å²) in [6.07, 6.45) is 5.10. The van der Waals surface area contributed by atoms with Gasteiger partial charge in [0.15, 0.2) is 0 Å². The first-order valence-electron chi connectivity index (χ1n) is 7.98. The van der Waals surface area contributed by atoms with Gasteiger partial charge >= 0.3 is 0 Å². The van der Waals surface area contributed by atoms with Gasteiger partial charge < -0.3 is 19.9 Å². The van der Waals surface area contributed by atoms with Gasteiger partial charge in [0.1, 0.15) is 0 Å². The van der Waals surface area contributed by atoms with Crippen LogP contribution in [-0.4, -0.2) is 58.1 Å². The average Bonchev–Trinajstić information content (AvgIpc) is 2.49. The molecule has 21 heavy (non-hydrogen) atoms. The van der Waals surface area contributed by atoms with Crippen molar-refractivity contribution in [3.63, 3.8) is 0 Å². The molecule has 0 aliphatic rings. The number of hydrogen-bond acceptors (Lipinski definition) is 4. The van der Waals surface area contributed by atoms with Crippen LogP contribution in [0.25, 0.3) is 0 Å². The molecule has 1 unspecified atom stereocenters. The number of nitrogens with zero attached hydrogens (tertiary/aromatic N) is 1. The smallest absolute Gasteiger partial charge is 0.276 e. The van der Waals surface area contributed by atoms with Gasteiger partial charge in [-0.25, -0.2) is 0 Å². The Labute approximate surface area is 129 Å². The monoisotopic (exact) mass is 301 g/mol. The second kappa shape index (κ2) is 15.7. The molecule has 0 spiro atoms. The van der Waals surface area contributed by atoms with Crippen LogP contribution < -0.4 is 10.4 Å². The molecule has 5 heteroatoms. The van der Waals surface area contributed by atoms with Crippen molar-refractivity contribution in [1.29, 1.82) is 0 Å². The fourth-order valence-electron chi connectivity index (χ4n) is 1.51. The van der Waals surface area contributed by atoms with Crippen molar-refractivity contribution < 1.29 is 14.2 Å². The summed E-state index contributed by atoms with van der Waals surface area (Å²) in [6, 6.07) is 0. The molecule has 0 aliphatic heterocycles. The predicted molar refractivity (Wildman–Crippen MR) is 89.1 cm³/mol. The molecule has 1 atom stereocenters. The molecule has 5 nitrogen and oxygen atoms in total. The van der Waals surface area contributed by atoms with E-state index in [4.69, 9.17) is 19.9 Å². The largest absolute Gasteiger partial charge is 0.379 e. The third-order valence-corrected chi connectivity index (χ3v) is 3.09. The maximum Gasteiger partial charge on any atom is 0.276 e. The summed E-state index contributed by atoms with van der Waals surface area (Å²) in [7, 11) is 0. The maximum atomic E-state index is 5.55. The van der Waals surface area contributed by atoms with Crippen LogP contribution in [0.1, 0.15) is 40.0 Å². The molecule has 124 valence electrons. The molecule has 0 saturated heterocycles. The summed E-state index contributed by atoms with van der Waals surface area (Å²) in [5.74, 6) is 0.601. The van der Waals surface area contributed by atoms with Gasteiger partial charge in [-0.15, -0.1) is 4.67 Å². The Bertz CT molecular complexity index is 289. The van der Waals surface area contributed by atoms with Gasteiger partial charge in [-0.1, -0.05) is 13.8 Å². The quantitative estimate of drug-likeness (QED) is 0.299. The van der Waals surface area contributed by atoms with E-state index in [1.54, 1.807) is 0 Å². The molecule has 2 N–H and O–H groups in total. The molecule has 0 bridgehead atoms. The minimum Gasteiger partial charge on any atom is -0.379 e. The molecule has 0 aromatic carbocycles. The van der Waals surface area contributed by atoms with Crippen molar-refractivity contribution >= 4 is 11.9 Å². The Kier molecular flexibility index (Phi) is 15.1. The highest BCUT2D eigenvalue weighted by Gasteiger charge is 2.03. The lowest BCUT2D eigenvalue weighted by Crippen LogP contribution is -2.14. The van der Waals surface area contributed by atoms with Crippen LogP contribution >= 0.6 is 0 Å². The van der Waals surface area contributed by atoms with Crippen LogP contribution in [0, 0.1) is 5.92 Å². The van der Waals surface area contributed by atoms with E-state index in [-0.39, 0.29) is 0 Å². The average molecular weight is 301 g/mol. The second-order valence-electron chi connectivity index (χ2n) is 5.16. The van der Waals surface area contributed by atoms with Crippen molar-refractivity contribution in [2.45, 2.75) is 40.0 Å². The Hall–Kier alpha value is -0.710. The molecule has 0 rings (SSSR count). The Balaban J connectivity index is 3.33. The van der Waals surface area contributed by atoms with Crippen LogP contribution in [0.3, 0.4) is 0 Å². The fourth-order valence-corrected chi connectivity index (χ4v) is 1.51. The number of ether oxygens (including phenoxy) is 3. The van der Waals surface area contributed by atoms with E-state index in [0.29, 0.717) is 45.5 Å². The van der Waals surface area contributed by atoms with Gasteiger partial charge in [0.05, 0.1) is 33.0 Å². The number of rotatable bonds is 14. The molecule has 0 amide bonds. The van der Waals surface area contributed by atoms with Gasteiger partial charge in [-0.2, -0.15) is 0 Å². The first-order valence-corrected chi connectivity index (χ1v) is 7.98. The second-order valence-corrected chi connectivity index (χ2v) is 5.16. The summed E-state index contributed by atoms with van der Waals surface area (Å²) in [4.78, 5) is 0. The van der Waals surface area contributed by atoms with Crippen LogP contribution in [0.2, 0.25) is 0 Å². The highest BCUT2D eigenvalue weighted by atomic mass is 16.5. The maximum absolute atomic E-state index is 5.55. The summed E-state index contributed by atoms with van der Waals surface area (Å²) in [5, 5.41) is 0. The summed E-state index contributed by atoms with van der Waals surface area (Å²) in [5.41, 5.74) is 6.49. The SMILES string of the molecule is CCC(C)=[N+]=CCC(C)CCOCCOCCOCCN. The van der Waals surface area contributed by atoms with Gasteiger partial charge in [0.25, 0.3) is 11.9 Å². The zero-order valence-corrected chi connectivity index (χ0v) is 14.0. The van der Waals surface area contributed by atoms with Crippen molar-refractivity contribution in [2.24, 2.45) is 11.7 Å². The molecular weight excluding hydrogens is 268 g/mol.